The Morgan fingerprint density at radius 3 is 2.41 bits per heavy atom. The zero-order valence-electron chi connectivity index (χ0n) is 9.77. The number of phenolic OH excluding ortho intramolecular Hbond substituents is 1. The minimum atomic E-state index is -0.112. The maximum absolute atomic E-state index is 9.54. The van der Waals surface area contributed by atoms with E-state index in [1.807, 2.05) is 6.07 Å². The van der Waals surface area contributed by atoms with Gasteiger partial charge in [0, 0.05) is 0 Å². The van der Waals surface area contributed by atoms with E-state index in [4.69, 9.17) is 5.73 Å². The molecule has 2 aromatic rings. The van der Waals surface area contributed by atoms with Crippen LogP contribution in [0.4, 0.5) is 0 Å². The highest BCUT2D eigenvalue weighted by atomic mass is 16.3. The van der Waals surface area contributed by atoms with Crippen molar-refractivity contribution >= 4 is 0 Å². The van der Waals surface area contributed by atoms with Crippen molar-refractivity contribution in [1.29, 1.82) is 0 Å². The largest absolute Gasteiger partial charge is 0.508 e. The number of aromatic hydroxyl groups is 1. The van der Waals surface area contributed by atoms with Crippen molar-refractivity contribution in [2.24, 2.45) is 5.73 Å². The van der Waals surface area contributed by atoms with Crippen LogP contribution in [-0.4, -0.2) is 5.11 Å². The van der Waals surface area contributed by atoms with E-state index < -0.39 is 0 Å². The fraction of sp³-hybridized carbons (Fsp3) is 0.200. The van der Waals surface area contributed by atoms with Gasteiger partial charge in [0.05, 0.1) is 6.04 Å². The molecule has 1 atom stereocenters. The van der Waals surface area contributed by atoms with E-state index >= 15 is 0 Å². The Hall–Kier alpha value is -1.80. The smallest absolute Gasteiger partial charge is 0.115 e. The molecule has 2 heteroatoms. The number of hydrogen-bond donors (Lipinski definition) is 2. The van der Waals surface area contributed by atoms with Crippen molar-refractivity contribution in [3.05, 3.63) is 53.1 Å². The molecule has 1 aliphatic rings. The SMILES string of the molecule is CCc1ccc2c(c1)C(N)c1cc(O)ccc1-2. The van der Waals surface area contributed by atoms with Crippen molar-refractivity contribution in [2.45, 2.75) is 19.4 Å². The first-order valence-electron chi connectivity index (χ1n) is 5.92. The summed E-state index contributed by atoms with van der Waals surface area (Å²) in [6, 6.07) is 11.8. The zero-order valence-corrected chi connectivity index (χ0v) is 9.77. The van der Waals surface area contributed by atoms with Crippen molar-refractivity contribution in [3.63, 3.8) is 0 Å². The molecule has 0 saturated carbocycles. The van der Waals surface area contributed by atoms with Crippen LogP contribution in [0.15, 0.2) is 36.4 Å². The minimum Gasteiger partial charge on any atom is -0.508 e. The second kappa shape index (κ2) is 3.60. The monoisotopic (exact) mass is 225 g/mol. The van der Waals surface area contributed by atoms with Gasteiger partial charge in [0.1, 0.15) is 5.75 Å². The van der Waals surface area contributed by atoms with Crippen LogP contribution in [0.25, 0.3) is 11.1 Å². The number of aryl methyl sites for hydroxylation is 1. The van der Waals surface area contributed by atoms with Crippen LogP contribution in [0.5, 0.6) is 5.75 Å². The normalized spacial score (nSPS) is 16.7. The minimum absolute atomic E-state index is 0.112. The maximum atomic E-state index is 9.54. The Morgan fingerprint density at radius 2 is 1.71 bits per heavy atom. The molecular weight excluding hydrogens is 210 g/mol. The molecule has 0 fully saturated rings. The predicted octanol–water partition coefficient (Wildman–Crippen LogP) is 2.98. The third-order valence-electron chi connectivity index (χ3n) is 3.52. The lowest BCUT2D eigenvalue weighted by Crippen LogP contribution is -2.08. The molecule has 86 valence electrons. The summed E-state index contributed by atoms with van der Waals surface area (Å²) in [6.45, 7) is 2.14. The molecule has 0 aromatic heterocycles. The van der Waals surface area contributed by atoms with Crippen LogP contribution >= 0.6 is 0 Å². The van der Waals surface area contributed by atoms with E-state index in [0.717, 1.165) is 17.5 Å². The van der Waals surface area contributed by atoms with Crippen LogP contribution in [0, 0.1) is 0 Å². The molecule has 2 aromatic carbocycles. The fourth-order valence-corrected chi connectivity index (χ4v) is 2.55. The third-order valence-corrected chi connectivity index (χ3v) is 3.52. The first kappa shape index (κ1) is 10.4. The van der Waals surface area contributed by atoms with Gasteiger partial charge in [0.15, 0.2) is 0 Å². The second-order valence-corrected chi connectivity index (χ2v) is 4.52. The lowest BCUT2D eigenvalue weighted by molar-refractivity contribution is 0.474. The van der Waals surface area contributed by atoms with Crippen LogP contribution in [0.3, 0.4) is 0 Å². The van der Waals surface area contributed by atoms with Gasteiger partial charge in [-0.2, -0.15) is 0 Å². The topological polar surface area (TPSA) is 46.2 Å². The molecule has 0 heterocycles. The summed E-state index contributed by atoms with van der Waals surface area (Å²) >= 11 is 0. The Balaban J connectivity index is 2.23. The summed E-state index contributed by atoms with van der Waals surface area (Å²) in [5.41, 5.74) is 12.1. The fourth-order valence-electron chi connectivity index (χ4n) is 2.55. The summed E-state index contributed by atoms with van der Waals surface area (Å²) in [7, 11) is 0. The van der Waals surface area contributed by atoms with E-state index in [1.54, 1.807) is 12.1 Å². The van der Waals surface area contributed by atoms with E-state index in [-0.39, 0.29) is 11.8 Å². The number of benzene rings is 2. The van der Waals surface area contributed by atoms with Crippen LogP contribution in [0.2, 0.25) is 0 Å². The van der Waals surface area contributed by atoms with Crippen molar-refractivity contribution in [1.82, 2.24) is 0 Å². The van der Waals surface area contributed by atoms with Crippen LogP contribution < -0.4 is 5.73 Å². The van der Waals surface area contributed by atoms with Crippen molar-refractivity contribution < 1.29 is 5.11 Å². The highest BCUT2D eigenvalue weighted by molar-refractivity contribution is 5.79. The van der Waals surface area contributed by atoms with Gasteiger partial charge >= 0.3 is 0 Å². The Labute approximate surface area is 101 Å². The molecule has 0 spiro atoms. The van der Waals surface area contributed by atoms with Gasteiger partial charge in [-0.3, -0.25) is 0 Å². The highest BCUT2D eigenvalue weighted by Gasteiger charge is 2.26. The van der Waals surface area contributed by atoms with Crippen LogP contribution in [-0.2, 0) is 6.42 Å². The number of rotatable bonds is 1. The first-order valence-corrected chi connectivity index (χ1v) is 5.92. The van der Waals surface area contributed by atoms with Crippen molar-refractivity contribution in [3.8, 4) is 16.9 Å². The standard InChI is InChI=1S/C15H15NO/c1-2-9-3-5-11-12-6-4-10(17)8-14(12)15(16)13(11)7-9/h3-8,15,17H,2,16H2,1H3. The van der Waals surface area contributed by atoms with Gasteiger partial charge < -0.3 is 10.8 Å². The number of fused-ring (bicyclic) bond motifs is 3. The maximum Gasteiger partial charge on any atom is 0.115 e. The summed E-state index contributed by atoms with van der Waals surface area (Å²) in [5.74, 6) is 0.280. The molecule has 0 bridgehead atoms. The Bertz CT molecular complexity index is 589. The van der Waals surface area contributed by atoms with Gasteiger partial charge in [-0.25, -0.2) is 0 Å². The van der Waals surface area contributed by atoms with E-state index in [1.165, 1.54) is 16.7 Å². The average molecular weight is 225 g/mol. The lowest BCUT2D eigenvalue weighted by Gasteiger charge is -2.07. The van der Waals surface area contributed by atoms with Gasteiger partial charge in [-0.05, 0) is 46.4 Å². The average Bonchev–Trinajstić information content (AvgIpc) is 2.62. The number of phenols is 1. The molecule has 2 nitrogen and oxygen atoms in total. The summed E-state index contributed by atoms with van der Waals surface area (Å²) in [4.78, 5) is 0. The molecular formula is C15H15NO. The van der Waals surface area contributed by atoms with Gasteiger partial charge in [-0.15, -0.1) is 0 Å². The molecule has 1 unspecified atom stereocenters. The number of hydrogen-bond acceptors (Lipinski definition) is 2. The quantitative estimate of drug-likeness (QED) is 0.783. The molecule has 1 aliphatic carbocycles. The molecule has 3 rings (SSSR count). The van der Waals surface area contributed by atoms with Gasteiger partial charge in [0.2, 0.25) is 0 Å². The highest BCUT2D eigenvalue weighted by Crippen LogP contribution is 2.43. The second-order valence-electron chi connectivity index (χ2n) is 4.52. The summed E-state index contributed by atoms with van der Waals surface area (Å²) in [5, 5.41) is 9.54. The van der Waals surface area contributed by atoms with E-state index in [0.29, 0.717) is 0 Å². The zero-order chi connectivity index (χ0) is 12.0. The predicted molar refractivity (Wildman–Crippen MR) is 69.0 cm³/mol. The van der Waals surface area contributed by atoms with Crippen LogP contribution in [0.1, 0.15) is 29.7 Å². The van der Waals surface area contributed by atoms with Gasteiger partial charge in [-0.1, -0.05) is 31.2 Å². The molecule has 0 saturated heterocycles. The van der Waals surface area contributed by atoms with Gasteiger partial charge in [0.25, 0.3) is 0 Å². The first-order chi connectivity index (χ1) is 8.20. The number of nitrogens with two attached hydrogens (primary N) is 1. The van der Waals surface area contributed by atoms with Crippen molar-refractivity contribution in [2.75, 3.05) is 0 Å². The Morgan fingerprint density at radius 1 is 1.06 bits per heavy atom. The summed E-state index contributed by atoms with van der Waals surface area (Å²) in [6.07, 6.45) is 1.02. The molecule has 0 radical (unpaired) electrons. The van der Waals surface area contributed by atoms with E-state index in [9.17, 15) is 5.11 Å². The summed E-state index contributed by atoms with van der Waals surface area (Å²) < 4.78 is 0. The molecule has 0 aliphatic heterocycles. The lowest BCUT2D eigenvalue weighted by atomic mass is 10.0. The molecule has 0 amide bonds. The van der Waals surface area contributed by atoms with E-state index in [2.05, 4.69) is 25.1 Å². The molecule has 17 heavy (non-hydrogen) atoms. The Kier molecular flexibility index (Phi) is 2.20. The third kappa shape index (κ3) is 1.45. The molecule has 3 N–H and O–H groups in total.